The molecule has 122 valence electrons. The third-order valence-electron chi connectivity index (χ3n) is 4.48. The second-order valence-electron chi connectivity index (χ2n) is 6.23. The van der Waals surface area contributed by atoms with Crippen LogP contribution in [0.15, 0.2) is 30.3 Å². The maximum atomic E-state index is 6.13. The molecule has 1 aliphatic carbocycles. The van der Waals surface area contributed by atoms with Gasteiger partial charge in [0.1, 0.15) is 0 Å². The quantitative estimate of drug-likeness (QED) is 0.719. The van der Waals surface area contributed by atoms with Gasteiger partial charge in [-0.2, -0.15) is 0 Å². The Hall–Kier alpha value is -0.420. The molecule has 1 aromatic carbocycles. The Balaban J connectivity index is 1.37. The Labute approximate surface area is 141 Å². The van der Waals surface area contributed by atoms with E-state index in [0.29, 0.717) is 23.6 Å². The second-order valence-corrected chi connectivity index (χ2v) is 7.40. The molecule has 2 aliphatic rings. The van der Waals surface area contributed by atoms with Crippen molar-refractivity contribution in [3.8, 4) is 0 Å². The van der Waals surface area contributed by atoms with Crippen LogP contribution in [0.1, 0.15) is 44.1 Å². The van der Waals surface area contributed by atoms with Crippen molar-refractivity contribution in [1.29, 1.82) is 0 Å². The Morgan fingerprint density at radius 2 is 1.73 bits per heavy atom. The number of alkyl halides is 1. The summed E-state index contributed by atoms with van der Waals surface area (Å²) in [4.78, 5) is 0.341. The van der Waals surface area contributed by atoms with Crippen LogP contribution in [0.5, 0.6) is 0 Å². The highest BCUT2D eigenvalue weighted by molar-refractivity contribution is 9.09. The fourth-order valence-corrected chi connectivity index (χ4v) is 3.76. The van der Waals surface area contributed by atoms with E-state index in [1.807, 2.05) is 6.07 Å². The van der Waals surface area contributed by atoms with Crippen LogP contribution in [0.25, 0.3) is 0 Å². The standard InChI is InChI=1S/C18H25BrO3/c19-17-7-4-12-20-18(17)22-16-10-8-15(9-11-16)21-13-14-5-2-1-3-6-14/h1-3,5-6,15-18H,4,7-13H2/t15?,16?,17-,18+/m0/s1. The molecule has 4 heteroatoms. The molecule has 1 aliphatic heterocycles. The van der Waals surface area contributed by atoms with Crippen LogP contribution in [0, 0.1) is 0 Å². The zero-order valence-electron chi connectivity index (χ0n) is 13.0. The van der Waals surface area contributed by atoms with Gasteiger partial charge >= 0.3 is 0 Å². The minimum Gasteiger partial charge on any atom is -0.374 e. The van der Waals surface area contributed by atoms with E-state index < -0.39 is 0 Å². The number of hydrogen-bond donors (Lipinski definition) is 0. The molecule has 0 aromatic heterocycles. The van der Waals surface area contributed by atoms with Crippen molar-refractivity contribution in [2.24, 2.45) is 0 Å². The summed E-state index contributed by atoms with van der Waals surface area (Å²) in [5.74, 6) is 0. The van der Waals surface area contributed by atoms with E-state index >= 15 is 0 Å². The zero-order chi connectivity index (χ0) is 15.2. The summed E-state index contributed by atoms with van der Waals surface area (Å²) in [6.45, 7) is 1.54. The molecule has 3 nitrogen and oxygen atoms in total. The van der Waals surface area contributed by atoms with Crippen molar-refractivity contribution in [2.75, 3.05) is 6.61 Å². The lowest BCUT2D eigenvalue weighted by Crippen LogP contribution is -2.37. The van der Waals surface area contributed by atoms with Gasteiger partial charge in [0.05, 0.1) is 23.6 Å². The van der Waals surface area contributed by atoms with Crippen LogP contribution < -0.4 is 0 Å². The van der Waals surface area contributed by atoms with Crippen molar-refractivity contribution in [1.82, 2.24) is 0 Å². The van der Waals surface area contributed by atoms with E-state index in [1.54, 1.807) is 0 Å². The van der Waals surface area contributed by atoms with Crippen LogP contribution in [0.2, 0.25) is 0 Å². The predicted molar refractivity (Wildman–Crippen MR) is 90.0 cm³/mol. The van der Waals surface area contributed by atoms with Crippen molar-refractivity contribution < 1.29 is 14.2 Å². The lowest BCUT2D eigenvalue weighted by molar-refractivity contribution is -0.192. The maximum Gasteiger partial charge on any atom is 0.170 e. The third kappa shape index (κ3) is 4.79. The summed E-state index contributed by atoms with van der Waals surface area (Å²) >= 11 is 3.67. The third-order valence-corrected chi connectivity index (χ3v) is 5.37. The largest absolute Gasteiger partial charge is 0.374 e. The molecule has 1 heterocycles. The van der Waals surface area contributed by atoms with Gasteiger partial charge in [-0.15, -0.1) is 0 Å². The first-order valence-electron chi connectivity index (χ1n) is 8.38. The number of benzene rings is 1. The highest BCUT2D eigenvalue weighted by Crippen LogP contribution is 2.29. The molecule has 0 unspecified atom stereocenters. The van der Waals surface area contributed by atoms with E-state index in [1.165, 1.54) is 5.56 Å². The summed E-state index contributed by atoms with van der Waals surface area (Å²) in [6.07, 6.45) is 7.18. The SMILES string of the molecule is Br[C@H]1CCCO[C@@H]1OC1CCC(OCc2ccccc2)CC1. The van der Waals surface area contributed by atoms with Crippen molar-refractivity contribution >= 4 is 15.9 Å². The molecular formula is C18H25BrO3. The number of hydrogen-bond acceptors (Lipinski definition) is 3. The zero-order valence-corrected chi connectivity index (χ0v) is 14.5. The highest BCUT2D eigenvalue weighted by Gasteiger charge is 2.30. The van der Waals surface area contributed by atoms with Gasteiger partial charge in [0.25, 0.3) is 0 Å². The first-order valence-corrected chi connectivity index (χ1v) is 9.29. The molecule has 1 saturated carbocycles. The lowest BCUT2D eigenvalue weighted by Gasteiger charge is -2.34. The van der Waals surface area contributed by atoms with E-state index in [0.717, 1.165) is 45.1 Å². The van der Waals surface area contributed by atoms with Crippen LogP contribution in [-0.4, -0.2) is 29.9 Å². The second kappa shape index (κ2) is 8.44. The molecule has 0 amide bonds. The van der Waals surface area contributed by atoms with Crippen molar-refractivity contribution in [3.05, 3.63) is 35.9 Å². The van der Waals surface area contributed by atoms with Gasteiger partial charge in [-0.05, 0) is 44.1 Å². The van der Waals surface area contributed by atoms with Gasteiger partial charge < -0.3 is 14.2 Å². The summed E-state index contributed by atoms with van der Waals surface area (Å²) < 4.78 is 17.9. The number of ether oxygens (including phenoxy) is 3. The number of halogens is 1. The molecule has 1 aromatic rings. The van der Waals surface area contributed by atoms with Gasteiger partial charge in [0.2, 0.25) is 0 Å². The summed E-state index contributed by atoms with van der Waals surface area (Å²) in [5, 5.41) is 0. The van der Waals surface area contributed by atoms with E-state index in [9.17, 15) is 0 Å². The van der Waals surface area contributed by atoms with E-state index in [2.05, 4.69) is 40.2 Å². The fourth-order valence-electron chi connectivity index (χ4n) is 3.16. The van der Waals surface area contributed by atoms with Crippen LogP contribution >= 0.6 is 15.9 Å². The first-order chi connectivity index (χ1) is 10.8. The molecule has 0 spiro atoms. The van der Waals surface area contributed by atoms with Gasteiger partial charge in [-0.1, -0.05) is 46.3 Å². The van der Waals surface area contributed by atoms with Crippen LogP contribution in [0.4, 0.5) is 0 Å². The smallest absolute Gasteiger partial charge is 0.170 e. The molecule has 22 heavy (non-hydrogen) atoms. The maximum absolute atomic E-state index is 6.13. The molecule has 3 rings (SSSR count). The molecule has 2 atom stereocenters. The first kappa shape index (κ1) is 16.4. The highest BCUT2D eigenvalue weighted by atomic mass is 79.9. The lowest BCUT2D eigenvalue weighted by atomic mass is 9.95. The summed E-state index contributed by atoms with van der Waals surface area (Å²) in [7, 11) is 0. The minimum atomic E-state index is -0.0689. The number of rotatable bonds is 5. The van der Waals surface area contributed by atoms with Gasteiger partial charge in [-0.3, -0.25) is 0 Å². The van der Waals surface area contributed by atoms with Crippen LogP contribution in [-0.2, 0) is 20.8 Å². The van der Waals surface area contributed by atoms with Gasteiger partial charge in [-0.25, -0.2) is 0 Å². The molecule has 0 radical (unpaired) electrons. The van der Waals surface area contributed by atoms with E-state index in [-0.39, 0.29) is 6.29 Å². The van der Waals surface area contributed by atoms with E-state index in [4.69, 9.17) is 14.2 Å². The molecule has 0 bridgehead atoms. The summed E-state index contributed by atoms with van der Waals surface area (Å²) in [6, 6.07) is 10.4. The Kier molecular flexibility index (Phi) is 6.30. The molecular weight excluding hydrogens is 344 g/mol. The predicted octanol–water partition coefficient (Wildman–Crippen LogP) is 4.43. The Bertz CT molecular complexity index is 431. The normalized spacial score (nSPS) is 32.8. The Morgan fingerprint density at radius 3 is 2.45 bits per heavy atom. The van der Waals surface area contributed by atoms with Gasteiger partial charge in [0.15, 0.2) is 6.29 Å². The topological polar surface area (TPSA) is 27.7 Å². The van der Waals surface area contributed by atoms with Crippen molar-refractivity contribution in [2.45, 2.75) is 68.5 Å². The Morgan fingerprint density at radius 1 is 1.00 bits per heavy atom. The molecule has 0 N–H and O–H groups in total. The fraction of sp³-hybridized carbons (Fsp3) is 0.667. The summed E-state index contributed by atoms with van der Waals surface area (Å²) in [5.41, 5.74) is 1.25. The van der Waals surface area contributed by atoms with Crippen LogP contribution in [0.3, 0.4) is 0 Å². The molecule has 1 saturated heterocycles. The minimum absolute atomic E-state index is 0.0689. The molecule has 2 fully saturated rings. The van der Waals surface area contributed by atoms with Crippen molar-refractivity contribution in [3.63, 3.8) is 0 Å². The average Bonchev–Trinajstić information content (AvgIpc) is 2.57. The van der Waals surface area contributed by atoms with Gasteiger partial charge in [0, 0.05) is 6.61 Å². The average molecular weight is 369 g/mol. The monoisotopic (exact) mass is 368 g/mol.